The van der Waals surface area contributed by atoms with Gasteiger partial charge in [0, 0.05) is 32.5 Å². The summed E-state index contributed by atoms with van der Waals surface area (Å²) in [4.78, 5) is 8.31. The highest BCUT2D eigenvalue weighted by molar-refractivity contribution is 5.79. The second-order valence-electron chi connectivity index (χ2n) is 6.76. The van der Waals surface area contributed by atoms with Gasteiger partial charge in [-0.05, 0) is 34.9 Å². The van der Waals surface area contributed by atoms with Crippen LogP contribution in [0.25, 0.3) is 5.69 Å². The second kappa shape index (κ2) is 9.51. The minimum Gasteiger partial charge on any atom is -0.352 e. The molecule has 4 rings (SSSR count). The van der Waals surface area contributed by atoms with Crippen molar-refractivity contribution in [1.82, 2.24) is 35.2 Å². The van der Waals surface area contributed by atoms with Crippen LogP contribution in [-0.2, 0) is 19.6 Å². The molecule has 8 nitrogen and oxygen atoms in total. The zero-order valence-electron chi connectivity index (χ0n) is 16.8. The molecule has 0 aliphatic rings. The van der Waals surface area contributed by atoms with E-state index in [0.29, 0.717) is 13.1 Å². The summed E-state index contributed by atoms with van der Waals surface area (Å²) in [6, 6.07) is 18.5. The molecule has 152 valence electrons. The predicted molar refractivity (Wildman–Crippen MR) is 116 cm³/mol. The maximum atomic E-state index is 4.34. The van der Waals surface area contributed by atoms with Gasteiger partial charge in [0.1, 0.15) is 12.7 Å². The third-order valence-electron chi connectivity index (χ3n) is 4.76. The summed E-state index contributed by atoms with van der Waals surface area (Å²) < 4.78 is 3.66. The molecule has 0 fully saturated rings. The van der Waals surface area contributed by atoms with Crippen molar-refractivity contribution in [3.05, 3.63) is 96.3 Å². The smallest absolute Gasteiger partial charge is 0.191 e. The summed E-state index contributed by atoms with van der Waals surface area (Å²) in [7, 11) is 1.78. The highest BCUT2D eigenvalue weighted by atomic mass is 15.3. The van der Waals surface area contributed by atoms with Gasteiger partial charge < -0.3 is 10.6 Å². The van der Waals surface area contributed by atoms with E-state index in [1.54, 1.807) is 24.3 Å². The van der Waals surface area contributed by atoms with Crippen LogP contribution in [0.1, 0.15) is 16.7 Å². The molecule has 0 radical (unpaired) electrons. The van der Waals surface area contributed by atoms with Crippen LogP contribution in [0.4, 0.5) is 0 Å². The largest absolute Gasteiger partial charge is 0.352 e. The minimum absolute atomic E-state index is 0.673. The summed E-state index contributed by atoms with van der Waals surface area (Å²) in [5, 5.41) is 15.2. The molecule has 0 saturated heterocycles. The van der Waals surface area contributed by atoms with E-state index in [-0.39, 0.29) is 0 Å². The minimum atomic E-state index is 0.673. The molecular weight excluding hydrogens is 376 g/mol. The van der Waals surface area contributed by atoms with Gasteiger partial charge in [0.25, 0.3) is 0 Å². The zero-order valence-corrected chi connectivity index (χ0v) is 16.8. The topological polar surface area (TPSA) is 85.0 Å². The number of aromatic nitrogens is 5. The van der Waals surface area contributed by atoms with Crippen molar-refractivity contribution in [2.75, 3.05) is 7.05 Å². The zero-order chi connectivity index (χ0) is 20.6. The standard InChI is InChI=1S/C22H24N8/c1-23-22(25-13-18-7-9-21(10-8-18)30-17-24-16-28-30)26-14-19-5-2-3-6-20(19)15-29-12-4-11-27-29/h2-12,16-17H,13-15H2,1H3,(H2,23,25,26). The number of nitrogens with zero attached hydrogens (tertiary/aromatic N) is 6. The van der Waals surface area contributed by atoms with E-state index in [9.17, 15) is 0 Å². The lowest BCUT2D eigenvalue weighted by molar-refractivity contribution is 0.677. The van der Waals surface area contributed by atoms with Gasteiger partial charge in [-0.2, -0.15) is 10.2 Å². The number of nitrogens with one attached hydrogen (secondary N) is 2. The molecule has 2 aromatic carbocycles. The fraction of sp³-hybridized carbons (Fsp3) is 0.182. The van der Waals surface area contributed by atoms with E-state index >= 15 is 0 Å². The van der Waals surface area contributed by atoms with Crippen molar-refractivity contribution < 1.29 is 0 Å². The number of guanidine groups is 1. The van der Waals surface area contributed by atoms with Crippen LogP contribution >= 0.6 is 0 Å². The van der Waals surface area contributed by atoms with Gasteiger partial charge in [0.05, 0.1) is 12.2 Å². The van der Waals surface area contributed by atoms with E-state index in [2.05, 4.69) is 67.2 Å². The molecule has 0 bridgehead atoms. The third kappa shape index (κ3) is 4.91. The van der Waals surface area contributed by atoms with Gasteiger partial charge in [0.15, 0.2) is 5.96 Å². The molecule has 0 aliphatic carbocycles. The SMILES string of the molecule is CN=C(NCc1ccc(-n2cncn2)cc1)NCc1ccccc1Cn1cccn1. The van der Waals surface area contributed by atoms with Gasteiger partial charge in [-0.15, -0.1) is 0 Å². The van der Waals surface area contributed by atoms with Crippen LogP contribution in [0, 0.1) is 0 Å². The molecule has 8 heteroatoms. The molecule has 4 aromatic rings. The summed E-state index contributed by atoms with van der Waals surface area (Å²) in [6.45, 7) is 2.10. The highest BCUT2D eigenvalue weighted by Gasteiger charge is 2.05. The first-order chi connectivity index (χ1) is 14.8. The third-order valence-corrected chi connectivity index (χ3v) is 4.76. The van der Waals surface area contributed by atoms with Gasteiger partial charge in [-0.3, -0.25) is 9.67 Å². The number of rotatable bonds is 7. The maximum absolute atomic E-state index is 4.34. The molecule has 30 heavy (non-hydrogen) atoms. The summed E-state index contributed by atoms with van der Waals surface area (Å²) in [6.07, 6.45) is 6.98. The monoisotopic (exact) mass is 400 g/mol. The van der Waals surface area contributed by atoms with Gasteiger partial charge in [0.2, 0.25) is 0 Å². The van der Waals surface area contributed by atoms with E-state index in [4.69, 9.17) is 0 Å². The van der Waals surface area contributed by atoms with Gasteiger partial charge in [-0.1, -0.05) is 36.4 Å². The Balaban J connectivity index is 1.32. The van der Waals surface area contributed by atoms with Crippen LogP contribution in [-0.4, -0.2) is 37.6 Å². The molecule has 0 saturated carbocycles. The lowest BCUT2D eigenvalue weighted by Gasteiger charge is -2.14. The van der Waals surface area contributed by atoms with Crippen LogP contribution < -0.4 is 10.6 Å². The quantitative estimate of drug-likeness (QED) is 0.368. The Morgan fingerprint density at radius 2 is 1.73 bits per heavy atom. The molecule has 0 aliphatic heterocycles. The summed E-state index contributed by atoms with van der Waals surface area (Å²) >= 11 is 0. The van der Waals surface area contributed by atoms with E-state index in [1.165, 1.54) is 17.5 Å². The number of benzene rings is 2. The number of hydrogen-bond donors (Lipinski definition) is 2. The maximum Gasteiger partial charge on any atom is 0.191 e. The van der Waals surface area contributed by atoms with Crippen molar-refractivity contribution in [3.63, 3.8) is 0 Å². The fourth-order valence-corrected chi connectivity index (χ4v) is 3.15. The Morgan fingerprint density at radius 1 is 0.933 bits per heavy atom. The van der Waals surface area contributed by atoms with Crippen molar-refractivity contribution >= 4 is 5.96 Å². The van der Waals surface area contributed by atoms with Crippen LogP contribution in [0.3, 0.4) is 0 Å². The molecule has 0 unspecified atom stereocenters. The Morgan fingerprint density at radius 3 is 2.43 bits per heavy atom. The molecule has 0 amide bonds. The average Bonchev–Trinajstić information content (AvgIpc) is 3.50. The molecule has 0 atom stereocenters. The van der Waals surface area contributed by atoms with Gasteiger partial charge in [-0.25, -0.2) is 9.67 Å². The molecule has 0 spiro atoms. The van der Waals surface area contributed by atoms with Crippen molar-refractivity contribution in [3.8, 4) is 5.69 Å². The lowest BCUT2D eigenvalue weighted by atomic mass is 10.1. The van der Waals surface area contributed by atoms with Crippen LogP contribution in [0.5, 0.6) is 0 Å². The fourth-order valence-electron chi connectivity index (χ4n) is 3.15. The van der Waals surface area contributed by atoms with Crippen LogP contribution in [0.15, 0.2) is 84.6 Å². The van der Waals surface area contributed by atoms with E-state index in [1.807, 2.05) is 29.1 Å². The molecule has 2 N–H and O–H groups in total. The number of hydrogen-bond acceptors (Lipinski definition) is 4. The predicted octanol–water partition coefficient (Wildman–Crippen LogP) is 2.38. The first-order valence-electron chi connectivity index (χ1n) is 9.74. The van der Waals surface area contributed by atoms with Crippen molar-refractivity contribution in [2.24, 2.45) is 4.99 Å². The average molecular weight is 400 g/mol. The molecule has 2 aromatic heterocycles. The highest BCUT2D eigenvalue weighted by Crippen LogP contribution is 2.11. The normalized spacial score (nSPS) is 11.4. The Labute approximate surface area is 175 Å². The summed E-state index contributed by atoms with van der Waals surface area (Å²) in [5.41, 5.74) is 4.58. The van der Waals surface area contributed by atoms with E-state index in [0.717, 1.165) is 23.8 Å². The Bertz CT molecular complexity index is 1070. The molecule has 2 heterocycles. The molecular formula is C22H24N8. The van der Waals surface area contributed by atoms with Crippen molar-refractivity contribution in [2.45, 2.75) is 19.6 Å². The Hall–Kier alpha value is -3.94. The van der Waals surface area contributed by atoms with E-state index < -0.39 is 0 Å². The first kappa shape index (κ1) is 19.4. The lowest BCUT2D eigenvalue weighted by Crippen LogP contribution is -2.36. The first-order valence-corrected chi connectivity index (χ1v) is 9.74. The van der Waals surface area contributed by atoms with Gasteiger partial charge >= 0.3 is 0 Å². The number of aliphatic imine (C=N–C) groups is 1. The van der Waals surface area contributed by atoms with Crippen molar-refractivity contribution in [1.29, 1.82) is 0 Å². The summed E-state index contributed by atoms with van der Waals surface area (Å²) in [5.74, 6) is 0.754. The second-order valence-corrected chi connectivity index (χ2v) is 6.76. The van der Waals surface area contributed by atoms with Crippen LogP contribution in [0.2, 0.25) is 0 Å². The Kier molecular flexibility index (Phi) is 6.14.